The Hall–Kier alpha value is -1.32. The van der Waals surface area contributed by atoms with Crippen LogP contribution in [0.2, 0.25) is 0 Å². The van der Waals surface area contributed by atoms with Gasteiger partial charge < -0.3 is 14.6 Å². The SMILES string of the molecule is CCCCOC1CCN(CCCc2c[nH]c3ccccc23)CC1. The molecule has 1 aliphatic rings. The Morgan fingerprint density at radius 2 is 2.00 bits per heavy atom. The number of hydrogen-bond donors (Lipinski definition) is 1. The topological polar surface area (TPSA) is 28.3 Å². The molecule has 1 aromatic heterocycles. The van der Waals surface area contributed by atoms with Crippen LogP contribution in [0.3, 0.4) is 0 Å². The number of ether oxygens (including phenoxy) is 1. The highest BCUT2D eigenvalue weighted by molar-refractivity contribution is 5.82. The Morgan fingerprint density at radius 3 is 2.83 bits per heavy atom. The average Bonchev–Trinajstić information content (AvgIpc) is 3.00. The van der Waals surface area contributed by atoms with Gasteiger partial charge in [0.2, 0.25) is 0 Å². The van der Waals surface area contributed by atoms with Gasteiger partial charge in [-0.05, 0) is 50.3 Å². The summed E-state index contributed by atoms with van der Waals surface area (Å²) in [6, 6.07) is 8.60. The number of likely N-dealkylation sites (tertiary alicyclic amines) is 1. The van der Waals surface area contributed by atoms with Crippen LogP contribution < -0.4 is 0 Å². The van der Waals surface area contributed by atoms with E-state index in [0.29, 0.717) is 6.10 Å². The van der Waals surface area contributed by atoms with E-state index in [1.807, 2.05) is 0 Å². The van der Waals surface area contributed by atoms with Crippen LogP contribution in [-0.2, 0) is 11.2 Å². The summed E-state index contributed by atoms with van der Waals surface area (Å²) in [6.07, 6.45) is 9.93. The maximum absolute atomic E-state index is 5.95. The molecule has 1 N–H and O–H groups in total. The number of unbranched alkanes of at least 4 members (excludes halogenated alkanes) is 1. The summed E-state index contributed by atoms with van der Waals surface area (Å²) < 4.78 is 5.95. The molecule has 1 fully saturated rings. The monoisotopic (exact) mass is 314 g/mol. The van der Waals surface area contributed by atoms with E-state index in [2.05, 4.69) is 47.3 Å². The van der Waals surface area contributed by atoms with Crippen molar-refractivity contribution in [3.63, 3.8) is 0 Å². The van der Waals surface area contributed by atoms with Gasteiger partial charge in [0.25, 0.3) is 0 Å². The smallest absolute Gasteiger partial charge is 0.0599 e. The van der Waals surface area contributed by atoms with E-state index in [9.17, 15) is 0 Å². The van der Waals surface area contributed by atoms with E-state index in [0.717, 1.165) is 13.0 Å². The van der Waals surface area contributed by atoms with E-state index in [1.165, 1.54) is 68.2 Å². The minimum Gasteiger partial charge on any atom is -0.378 e. The molecule has 0 aliphatic carbocycles. The second-order valence-corrected chi connectivity index (χ2v) is 6.73. The Balaban J connectivity index is 1.37. The first-order chi connectivity index (χ1) is 11.4. The number of aryl methyl sites for hydroxylation is 1. The van der Waals surface area contributed by atoms with Crippen LogP contribution in [-0.4, -0.2) is 42.2 Å². The Kier molecular flexibility index (Phi) is 6.12. The number of para-hydroxylation sites is 1. The first-order valence-electron chi connectivity index (χ1n) is 9.25. The maximum Gasteiger partial charge on any atom is 0.0599 e. The van der Waals surface area contributed by atoms with Crippen molar-refractivity contribution >= 4 is 10.9 Å². The molecule has 3 heteroatoms. The molecule has 1 aliphatic heterocycles. The summed E-state index contributed by atoms with van der Waals surface area (Å²) in [5, 5.41) is 1.38. The van der Waals surface area contributed by atoms with E-state index < -0.39 is 0 Å². The molecule has 2 heterocycles. The van der Waals surface area contributed by atoms with Crippen molar-refractivity contribution in [3.8, 4) is 0 Å². The maximum atomic E-state index is 5.95. The van der Waals surface area contributed by atoms with Gasteiger partial charge in [0, 0.05) is 36.8 Å². The number of rotatable bonds is 8. The molecule has 3 nitrogen and oxygen atoms in total. The van der Waals surface area contributed by atoms with Gasteiger partial charge >= 0.3 is 0 Å². The molecule has 126 valence electrons. The molecular formula is C20H30N2O. The third-order valence-corrected chi connectivity index (χ3v) is 4.98. The number of nitrogens with one attached hydrogen (secondary N) is 1. The highest BCUT2D eigenvalue weighted by Gasteiger charge is 2.19. The Bertz CT molecular complexity index is 584. The number of aromatic nitrogens is 1. The summed E-state index contributed by atoms with van der Waals surface area (Å²) in [5.74, 6) is 0. The minimum absolute atomic E-state index is 0.506. The zero-order valence-corrected chi connectivity index (χ0v) is 14.4. The lowest BCUT2D eigenvalue weighted by molar-refractivity contribution is 0.00625. The zero-order chi connectivity index (χ0) is 15.9. The number of aromatic amines is 1. The largest absolute Gasteiger partial charge is 0.378 e. The lowest BCUT2D eigenvalue weighted by Crippen LogP contribution is -2.37. The van der Waals surface area contributed by atoms with Crippen molar-refractivity contribution in [2.45, 2.75) is 51.6 Å². The predicted octanol–water partition coefficient (Wildman–Crippen LogP) is 4.38. The van der Waals surface area contributed by atoms with Crippen LogP contribution in [0.4, 0.5) is 0 Å². The van der Waals surface area contributed by atoms with Crippen LogP contribution in [0.15, 0.2) is 30.5 Å². The molecule has 1 aromatic carbocycles. The molecule has 1 saturated heterocycles. The molecule has 0 amide bonds. The van der Waals surface area contributed by atoms with Gasteiger partial charge in [-0.2, -0.15) is 0 Å². The number of piperidine rings is 1. The van der Waals surface area contributed by atoms with Crippen LogP contribution in [0.1, 0.15) is 44.6 Å². The molecule has 3 rings (SSSR count). The molecule has 0 radical (unpaired) electrons. The number of hydrogen-bond acceptors (Lipinski definition) is 2. The standard InChI is InChI=1S/C20H30N2O/c1-2-3-15-23-18-10-13-22(14-11-18)12-6-7-17-16-21-20-9-5-4-8-19(17)20/h4-5,8-9,16,18,21H,2-3,6-7,10-15H2,1H3. The second kappa shape index (κ2) is 8.51. The molecule has 0 unspecified atom stereocenters. The first kappa shape index (κ1) is 16.5. The third kappa shape index (κ3) is 4.58. The number of benzene rings is 1. The van der Waals surface area contributed by atoms with Gasteiger partial charge in [0.05, 0.1) is 6.10 Å². The van der Waals surface area contributed by atoms with E-state index >= 15 is 0 Å². The van der Waals surface area contributed by atoms with Crippen LogP contribution in [0.5, 0.6) is 0 Å². The molecule has 2 aromatic rings. The molecule has 0 bridgehead atoms. The fraction of sp³-hybridized carbons (Fsp3) is 0.600. The molecular weight excluding hydrogens is 284 g/mol. The average molecular weight is 314 g/mol. The highest BCUT2D eigenvalue weighted by atomic mass is 16.5. The summed E-state index contributed by atoms with van der Waals surface area (Å²) in [7, 11) is 0. The second-order valence-electron chi connectivity index (χ2n) is 6.73. The van der Waals surface area contributed by atoms with E-state index in [1.54, 1.807) is 0 Å². The Labute approximate surface area is 140 Å². The molecule has 23 heavy (non-hydrogen) atoms. The normalized spacial score (nSPS) is 17.1. The highest BCUT2D eigenvalue weighted by Crippen LogP contribution is 2.20. The van der Waals surface area contributed by atoms with Crippen molar-refractivity contribution in [2.24, 2.45) is 0 Å². The van der Waals surface area contributed by atoms with Crippen molar-refractivity contribution < 1.29 is 4.74 Å². The fourth-order valence-corrected chi connectivity index (χ4v) is 3.53. The first-order valence-corrected chi connectivity index (χ1v) is 9.25. The fourth-order valence-electron chi connectivity index (χ4n) is 3.53. The van der Waals surface area contributed by atoms with Crippen LogP contribution in [0.25, 0.3) is 10.9 Å². The summed E-state index contributed by atoms with van der Waals surface area (Å²) >= 11 is 0. The lowest BCUT2D eigenvalue weighted by Gasteiger charge is -2.31. The van der Waals surface area contributed by atoms with Crippen molar-refractivity contribution in [1.29, 1.82) is 0 Å². The summed E-state index contributed by atoms with van der Waals surface area (Å²) in [5.41, 5.74) is 2.71. The van der Waals surface area contributed by atoms with Crippen LogP contribution >= 0.6 is 0 Å². The molecule has 0 saturated carbocycles. The van der Waals surface area contributed by atoms with Gasteiger partial charge in [-0.15, -0.1) is 0 Å². The minimum atomic E-state index is 0.506. The van der Waals surface area contributed by atoms with Crippen molar-refractivity contribution in [2.75, 3.05) is 26.2 Å². The Morgan fingerprint density at radius 1 is 1.17 bits per heavy atom. The zero-order valence-electron chi connectivity index (χ0n) is 14.4. The van der Waals surface area contributed by atoms with Crippen LogP contribution in [0, 0.1) is 0 Å². The predicted molar refractivity (Wildman–Crippen MR) is 96.9 cm³/mol. The molecule has 0 spiro atoms. The quantitative estimate of drug-likeness (QED) is 0.732. The summed E-state index contributed by atoms with van der Waals surface area (Å²) in [6.45, 7) is 6.78. The van der Waals surface area contributed by atoms with Crippen molar-refractivity contribution in [1.82, 2.24) is 9.88 Å². The molecule has 0 atom stereocenters. The van der Waals surface area contributed by atoms with E-state index in [4.69, 9.17) is 4.74 Å². The van der Waals surface area contributed by atoms with Gasteiger partial charge in [-0.1, -0.05) is 31.5 Å². The number of nitrogens with zero attached hydrogens (tertiary/aromatic N) is 1. The third-order valence-electron chi connectivity index (χ3n) is 4.98. The number of H-pyrrole nitrogens is 1. The van der Waals surface area contributed by atoms with Gasteiger partial charge in [0.1, 0.15) is 0 Å². The van der Waals surface area contributed by atoms with Crippen molar-refractivity contribution in [3.05, 3.63) is 36.0 Å². The lowest BCUT2D eigenvalue weighted by atomic mass is 10.1. The number of fused-ring (bicyclic) bond motifs is 1. The van der Waals surface area contributed by atoms with Gasteiger partial charge in [0.15, 0.2) is 0 Å². The summed E-state index contributed by atoms with van der Waals surface area (Å²) in [4.78, 5) is 5.98. The van der Waals surface area contributed by atoms with Gasteiger partial charge in [-0.25, -0.2) is 0 Å². The van der Waals surface area contributed by atoms with E-state index in [-0.39, 0.29) is 0 Å². The van der Waals surface area contributed by atoms with Gasteiger partial charge in [-0.3, -0.25) is 0 Å².